The summed E-state index contributed by atoms with van der Waals surface area (Å²) < 4.78 is 5.18. The van der Waals surface area contributed by atoms with Gasteiger partial charge in [0.15, 0.2) is 0 Å². The van der Waals surface area contributed by atoms with E-state index in [0.29, 0.717) is 10.4 Å². The monoisotopic (exact) mass is 174 g/mol. The number of rotatable bonds is 1. The Morgan fingerprint density at radius 2 is 2.50 bits per heavy atom. The molecule has 2 nitrogen and oxygen atoms in total. The van der Waals surface area contributed by atoms with Crippen LogP contribution in [0.25, 0.3) is 0 Å². The molecule has 0 bridgehead atoms. The predicted octanol–water partition coefficient (Wildman–Crippen LogP) is 0.773. The summed E-state index contributed by atoms with van der Waals surface area (Å²) in [6.45, 7) is 0. The van der Waals surface area contributed by atoms with Gasteiger partial charge in [-0.2, -0.15) is 0 Å². The third-order valence-electron chi connectivity index (χ3n) is 0.745. The van der Waals surface area contributed by atoms with E-state index in [1.165, 1.54) is 0 Å². The Balaban J connectivity index is 2.93. The first-order valence-electron chi connectivity index (χ1n) is 2.10. The van der Waals surface area contributed by atoms with Crippen LogP contribution in [-0.2, 0) is 0 Å². The quantitative estimate of drug-likeness (QED) is 0.494. The van der Waals surface area contributed by atoms with Crippen molar-refractivity contribution in [2.75, 3.05) is 0 Å². The van der Waals surface area contributed by atoms with E-state index in [9.17, 15) is 0 Å². The van der Waals surface area contributed by atoms with Gasteiger partial charge in [0.05, 0.1) is 0 Å². The Morgan fingerprint density at radius 3 is 2.75 bits per heavy atom. The molecule has 1 aromatic heterocycles. The van der Waals surface area contributed by atoms with Gasteiger partial charge < -0.3 is 0 Å². The Hall–Kier alpha value is -0.531. The zero-order chi connectivity index (χ0) is 5.98. The predicted molar refractivity (Wildman–Crippen MR) is 31.3 cm³/mol. The Kier molecular flexibility index (Phi) is 1.51. The summed E-state index contributed by atoms with van der Waals surface area (Å²) >= 11 is 2.53. The number of nitrogens with one attached hydrogen (secondary N) is 1. The minimum atomic E-state index is 0.343. The first-order valence-corrected chi connectivity index (χ1v) is 2.96. The Bertz CT molecular complexity index is 180. The van der Waals surface area contributed by atoms with E-state index in [2.05, 4.69) is 16.0 Å². The van der Waals surface area contributed by atoms with E-state index in [1.807, 2.05) is 0 Å². The van der Waals surface area contributed by atoms with Crippen LogP contribution in [0.15, 0.2) is 22.8 Å². The normalized spacial score (nSPS) is 9.00. The molecule has 3 heteroatoms. The Morgan fingerprint density at radius 1 is 1.75 bits per heavy atom. The molecule has 0 aliphatic rings. The van der Waals surface area contributed by atoms with Gasteiger partial charge >= 0.3 is 54.6 Å². The first kappa shape index (κ1) is 5.60. The van der Waals surface area contributed by atoms with Crippen LogP contribution in [0, 0.1) is 5.41 Å². The van der Waals surface area contributed by atoms with Gasteiger partial charge in [-0.25, -0.2) is 0 Å². The Labute approximate surface area is 55.2 Å². The van der Waals surface area contributed by atoms with Crippen LogP contribution in [0.1, 0.15) is 5.76 Å². The van der Waals surface area contributed by atoms with Crippen molar-refractivity contribution in [3.05, 3.63) is 24.2 Å². The van der Waals surface area contributed by atoms with Gasteiger partial charge in [-0.15, -0.1) is 0 Å². The van der Waals surface area contributed by atoms with Crippen molar-refractivity contribution in [1.82, 2.24) is 0 Å². The van der Waals surface area contributed by atoms with Crippen LogP contribution in [0.2, 0.25) is 0 Å². The zero-order valence-electron chi connectivity index (χ0n) is 4.05. The van der Waals surface area contributed by atoms with Crippen LogP contribution in [0.4, 0.5) is 0 Å². The van der Waals surface area contributed by atoms with Crippen LogP contribution in [0.3, 0.4) is 0 Å². The molecule has 0 unspecified atom stereocenters. The van der Waals surface area contributed by atoms with Crippen molar-refractivity contribution in [2.24, 2.45) is 0 Å². The standard InChI is InChI=1S/C5H4NOSe/c6-5(8)4-2-1-3-7-4/h1-3,6H. The third-order valence-corrected chi connectivity index (χ3v) is 1.17. The van der Waals surface area contributed by atoms with E-state index in [-0.39, 0.29) is 0 Å². The molecule has 0 spiro atoms. The summed E-state index contributed by atoms with van der Waals surface area (Å²) in [5.74, 6) is 0.588. The minimum absolute atomic E-state index is 0.343. The summed E-state index contributed by atoms with van der Waals surface area (Å²) in [7, 11) is 0. The van der Waals surface area contributed by atoms with Crippen LogP contribution in [0.5, 0.6) is 0 Å². The van der Waals surface area contributed by atoms with Crippen molar-refractivity contribution in [3.63, 3.8) is 0 Å². The molecule has 0 aliphatic heterocycles. The second-order valence-electron chi connectivity index (χ2n) is 1.31. The summed E-state index contributed by atoms with van der Waals surface area (Å²) in [5, 5.41) is 7.00. The molecule has 41 valence electrons. The van der Waals surface area contributed by atoms with Crippen molar-refractivity contribution in [2.45, 2.75) is 0 Å². The van der Waals surface area contributed by atoms with E-state index in [4.69, 9.17) is 9.83 Å². The molecule has 1 heterocycles. The average molecular weight is 173 g/mol. The molecule has 0 aliphatic carbocycles. The van der Waals surface area contributed by atoms with E-state index < -0.39 is 0 Å². The van der Waals surface area contributed by atoms with Crippen molar-refractivity contribution in [1.29, 1.82) is 5.41 Å². The van der Waals surface area contributed by atoms with Gasteiger partial charge in [0.2, 0.25) is 0 Å². The first-order chi connectivity index (χ1) is 3.80. The molecule has 1 rings (SSSR count). The molecule has 0 fully saturated rings. The van der Waals surface area contributed by atoms with Gasteiger partial charge in [0.25, 0.3) is 0 Å². The maximum absolute atomic E-state index is 7.00. The topological polar surface area (TPSA) is 37.0 Å². The van der Waals surface area contributed by atoms with Crippen LogP contribution in [-0.4, -0.2) is 20.6 Å². The van der Waals surface area contributed by atoms with E-state index in [0.717, 1.165) is 0 Å². The maximum atomic E-state index is 7.00. The van der Waals surface area contributed by atoms with Crippen LogP contribution < -0.4 is 0 Å². The summed E-state index contributed by atoms with van der Waals surface area (Å²) in [4.78, 5) is 0. The molecule has 0 atom stereocenters. The second-order valence-corrected chi connectivity index (χ2v) is 2.16. The van der Waals surface area contributed by atoms with Crippen molar-refractivity contribution >= 4 is 20.6 Å². The molecule has 1 aromatic rings. The SMILES string of the molecule is N=C([Se])c1ccco1. The third kappa shape index (κ3) is 0.997. The fourth-order valence-corrected chi connectivity index (χ4v) is 0.651. The van der Waals surface area contributed by atoms with Crippen molar-refractivity contribution in [3.8, 4) is 0 Å². The molecule has 0 amide bonds. The summed E-state index contributed by atoms with van der Waals surface area (Å²) in [6, 6.07) is 3.49. The second kappa shape index (κ2) is 2.16. The van der Waals surface area contributed by atoms with Gasteiger partial charge in [0.1, 0.15) is 0 Å². The molecular weight excluding hydrogens is 169 g/mol. The molecule has 1 radical (unpaired) electrons. The van der Waals surface area contributed by atoms with E-state index in [1.54, 1.807) is 18.4 Å². The summed E-state index contributed by atoms with van der Waals surface area (Å²) in [5.41, 5.74) is 0. The van der Waals surface area contributed by atoms with Crippen LogP contribution >= 0.6 is 0 Å². The number of furan rings is 1. The van der Waals surface area contributed by atoms with Gasteiger partial charge in [-0.1, -0.05) is 0 Å². The van der Waals surface area contributed by atoms with Gasteiger partial charge in [0, 0.05) is 0 Å². The molecule has 0 saturated heterocycles. The molecule has 0 saturated carbocycles. The molecule has 0 aromatic carbocycles. The number of hydrogen-bond acceptors (Lipinski definition) is 2. The molecule has 1 N–H and O–H groups in total. The zero-order valence-corrected chi connectivity index (χ0v) is 5.76. The van der Waals surface area contributed by atoms with Crippen molar-refractivity contribution < 1.29 is 4.42 Å². The fraction of sp³-hybridized carbons (Fsp3) is 0. The average Bonchev–Trinajstić information content (AvgIpc) is 2.12. The molecular formula is C5H4NOSe. The number of hydrogen-bond donors (Lipinski definition) is 1. The van der Waals surface area contributed by atoms with Gasteiger partial charge in [-0.3, -0.25) is 0 Å². The molecule has 8 heavy (non-hydrogen) atoms. The fourth-order valence-electron chi connectivity index (χ4n) is 0.408. The summed E-state index contributed by atoms with van der Waals surface area (Å²) in [6.07, 6.45) is 1.54. The van der Waals surface area contributed by atoms with Gasteiger partial charge in [-0.05, 0) is 0 Å². The van der Waals surface area contributed by atoms with E-state index >= 15 is 0 Å².